The molecule has 1 saturated heterocycles. The van der Waals surface area contributed by atoms with Gasteiger partial charge in [-0.2, -0.15) is 0 Å². The monoisotopic (exact) mass is 446 g/mol. The maximum atomic E-state index is 6.58. The van der Waals surface area contributed by atoms with Gasteiger partial charge in [-0.1, -0.05) is 29.8 Å². The van der Waals surface area contributed by atoms with Crippen molar-refractivity contribution in [2.75, 3.05) is 14.2 Å². The highest BCUT2D eigenvalue weighted by Crippen LogP contribution is 2.37. The van der Waals surface area contributed by atoms with Gasteiger partial charge in [0, 0.05) is 19.8 Å². The highest BCUT2D eigenvalue weighted by atomic mass is 35.5. The summed E-state index contributed by atoms with van der Waals surface area (Å²) in [5, 5.41) is 0.552. The lowest BCUT2D eigenvalue weighted by Crippen LogP contribution is -2.41. The Balaban J connectivity index is 1.80. The van der Waals surface area contributed by atoms with E-state index in [0.29, 0.717) is 17.4 Å². The van der Waals surface area contributed by atoms with Crippen molar-refractivity contribution in [2.24, 2.45) is 0 Å². The molecule has 3 rings (SSSR count). The van der Waals surface area contributed by atoms with E-state index in [-0.39, 0.29) is 11.2 Å². The molecule has 0 saturated carbocycles. The topological polar surface area (TPSA) is 46.2 Å². The first-order chi connectivity index (χ1) is 14.5. The largest absolute Gasteiger partial charge is 0.495 e. The predicted octanol–water partition coefficient (Wildman–Crippen LogP) is 5.13. The van der Waals surface area contributed by atoms with Gasteiger partial charge in [0.2, 0.25) is 0 Å². The van der Waals surface area contributed by atoms with E-state index in [1.54, 1.807) is 14.2 Å². The molecule has 0 amide bonds. The zero-order valence-corrected chi connectivity index (χ0v) is 20.4. The van der Waals surface area contributed by atoms with Crippen LogP contribution in [0.4, 0.5) is 0 Å². The lowest BCUT2D eigenvalue weighted by atomic mass is 9.75. The van der Waals surface area contributed by atoms with Gasteiger partial charge in [-0.15, -0.1) is 0 Å². The van der Waals surface area contributed by atoms with Gasteiger partial charge < -0.3 is 23.5 Å². The fraction of sp³-hybridized carbons (Fsp3) is 0.500. The summed E-state index contributed by atoms with van der Waals surface area (Å²) < 4.78 is 29.3. The van der Waals surface area contributed by atoms with E-state index < -0.39 is 13.4 Å². The Hall–Kier alpha value is -1.57. The smallest absolute Gasteiger partial charge is 0.487 e. The van der Waals surface area contributed by atoms with Crippen LogP contribution in [-0.4, -0.2) is 32.5 Å². The molecule has 31 heavy (non-hydrogen) atoms. The SMILES string of the molecule is COC(OC)c1ccc(OCc2cccc(B3OC(C)(C)C(C)(C)O3)c2C)c(Cl)c1C. The Bertz CT molecular complexity index is 924. The summed E-state index contributed by atoms with van der Waals surface area (Å²) in [6, 6.07) is 9.86. The number of ether oxygens (including phenoxy) is 3. The van der Waals surface area contributed by atoms with Crippen molar-refractivity contribution >= 4 is 24.2 Å². The van der Waals surface area contributed by atoms with E-state index in [9.17, 15) is 0 Å². The molecule has 0 spiro atoms. The molecule has 0 aliphatic carbocycles. The van der Waals surface area contributed by atoms with Gasteiger partial charge in [-0.25, -0.2) is 0 Å². The predicted molar refractivity (Wildman–Crippen MR) is 124 cm³/mol. The number of methoxy groups -OCH3 is 2. The zero-order chi connectivity index (χ0) is 23.0. The first-order valence-corrected chi connectivity index (χ1v) is 10.8. The molecule has 168 valence electrons. The van der Waals surface area contributed by atoms with Crippen molar-refractivity contribution in [2.45, 2.75) is 65.6 Å². The van der Waals surface area contributed by atoms with E-state index in [1.165, 1.54) is 0 Å². The average molecular weight is 447 g/mol. The molecule has 1 heterocycles. The summed E-state index contributed by atoms with van der Waals surface area (Å²) >= 11 is 6.58. The van der Waals surface area contributed by atoms with Gasteiger partial charge >= 0.3 is 7.12 Å². The summed E-state index contributed by atoms with van der Waals surface area (Å²) in [7, 11) is 2.79. The summed E-state index contributed by atoms with van der Waals surface area (Å²) in [6.45, 7) is 12.6. The van der Waals surface area contributed by atoms with Crippen LogP contribution >= 0.6 is 11.6 Å². The Labute approximate surface area is 191 Å². The van der Waals surface area contributed by atoms with Crippen LogP contribution in [0.1, 0.15) is 56.2 Å². The second kappa shape index (κ2) is 9.12. The van der Waals surface area contributed by atoms with Crippen molar-refractivity contribution in [3.63, 3.8) is 0 Å². The van der Waals surface area contributed by atoms with Crippen LogP contribution in [0.3, 0.4) is 0 Å². The first kappa shape index (κ1) is 24.1. The van der Waals surface area contributed by atoms with E-state index >= 15 is 0 Å². The number of hydrogen-bond acceptors (Lipinski definition) is 5. The molecule has 0 atom stereocenters. The van der Waals surface area contributed by atoms with Crippen LogP contribution in [0.15, 0.2) is 30.3 Å². The molecule has 0 unspecified atom stereocenters. The van der Waals surface area contributed by atoms with Gasteiger partial charge in [0.25, 0.3) is 0 Å². The van der Waals surface area contributed by atoms with Crippen molar-refractivity contribution in [3.05, 3.63) is 57.6 Å². The van der Waals surface area contributed by atoms with E-state index in [4.69, 9.17) is 35.1 Å². The molecule has 2 aromatic rings. The fourth-order valence-corrected chi connectivity index (χ4v) is 3.86. The van der Waals surface area contributed by atoms with Crippen molar-refractivity contribution in [1.82, 2.24) is 0 Å². The second-order valence-corrected chi connectivity index (χ2v) is 9.28. The van der Waals surface area contributed by atoms with Crippen molar-refractivity contribution in [1.29, 1.82) is 0 Å². The molecule has 1 aliphatic rings. The number of benzene rings is 2. The minimum Gasteiger partial charge on any atom is -0.487 e. The number of hydrogen-bond donors (Lipinski definition) is 0. The molecule has 2 aromatic carbocycles. The van der Waals surface area contributed by atoms with E-state index in [1.807, 2.05) is 37.3 Å². The molecule has 0 bridgehead atoms. The maximum Gasteiger partial charge on any atom is 0.495 e. The minimum absolute atomic E-state index is 0.383. The molecule has 0 aromatic heterocycles. The molecule has 7 heteroatoms. The lowest BCUT2D eigenvalue weighted by Gasteiger charge is -2.32. The zero-order valence-electron chi connectivity index (χ0n) is 19.7. The Morgan fingerprint density at radius 3 is 2.13 bits per heavy atom. The van der Waals surface area contributed by atoms with Crippen molar-refractivity contribution < 1.29 is 23.5 Å². The van der Waals surface area contributed by atoms with Gasteiger partial charge in [-0.3, -0.25) is 0 Å². The average Bonchev–Trinajstić information content (AvgIpc) is 2.93. The molecular weight excluding hydrogens is 415 g/mol. The Morgan fingerprint density at radius 2 is 1.55 bits per heavy atom. The third kappa shape index (κ3) is 4.64. The number of rotatable bonds is 7. The van der Waals surface area contributed by atoms with Crippen LogP contribution in [0.25, 0.3) is 0 Å². The molecule has 0 radical (unpaired) electrons. The molecule has 0 N–H and O–H groups in total. The Kier molecular flexibility index (Phi) is 7.09. The molecular formula is C24H32BClO5. The summed E-state index contributed by atoms with van der Waals surface area (Å²) in [6.07, 6.45) is -0.467. The molecule has 5 nitrogen and oxygen atoms in total. The van der Waals surface area contributed by atoms with Crippen molar-refractivity contribution in [3.8, 4) is 5.75 Å². The van der Waals surface area contributed by atoms with Crippen LogP contribution in [0.5, 0.6) is 5.75 Å². The van der Waals surface area contributed by atoms with E-state index in [0.717, 1.165) is 27.7 Å². The minimum atomic E-state index is -0.467. The van der Waals surface area contributed by atoms with E-state index in [2.05, 4.69) is 34.6 Å². The quantitative estimate of drug-likeness (QED) is 0.436. The first-order valence-electron chi connectivity index (χ1n) is 10.4. The third-order valence-electron chi connectivity index (χ3n) is 6.45. The molecule has 1 fully saturated rings. The maximum absolute atomic E-state index is 6.58. The van der Waals surface area contributed by atoms with Gasteiger partial charge in [0.05, 0.1) is 16.2 Å². The normalized spacial score (nSPS) is 17.4. The molecule has 1 aliphatic heterocycles. The summed E-state index contributed by atoms with van der Waals surface area (Å²) in [5.41, 5.74) is 4.13. The van der Waals surface area contributed by atoms with Crippen LogP contribution in [-0.2, 0) is 25.4 Å². The highest BCUT2D eigenvalue weighted by Gasteiger charge is 2.52. The van der Waals surface area contributed by atoms with Gasteiger partial charge in [0.1, 0.15) is 12.4 Å². The van der Waals surface area contributed by atoms with Crippen LogP contribution in [0.2, 0.25) is 5.02 Å². The second-order valence-electron chi connectivity index (χ2n) is 8.90. The van der Waals surface area contributed by atoms with Gasteiger partial charge in [0.15, 0.2) is 6.29 Å². The lowest BCUT2D eigenvalue weighted by molar-refractivity contribution is -0.106. The highest BCUT2D eigenvalue weighted by molar-refractivity contribution is 6.62. The summed E-state index contributed by atoms with van der Waals surface area (Å²) in [5.74, 6) is 0.620. The van der Waals surface area contributed by atoms with Crippen LogP contribution < -0.4 is 10.2 Å². The third-order valence-corrected chi connectivity index (χ3v) is 6.92. The van der Waals surface area contributed by atoms with Gasteiger partial charge in [-0.05, 0) is 75.8 Å². The standard InChI is InChI=1S/C24H32BClO5/c1-15-17(10-9-11-19(15)25-30-23(3,4)24(5,6)31-25)14-29-20-13-12-18(16(2)21(20)26)22(27-7)28-8/h9-13,22H,14H2,1-8H3. The fourth-order valence-electron chi connectivity index (χ4n) is 3.63. The Morgan fingerprint density at radius 1 is 0.935 bits per heavy atom. The number of halogens is 1. The van der Waals surface area contributed by atoms with Crippen LogP contribution in [0, 0.1) is 13.8 Å². The summed E-state index contributed by atoms with van der Waals surface area (Å²) in [4.78, 5) is 0.